The first kappa shape index (κ1) is 19.7. The fourth-order valence-electron chi connectivity index (χ4n) is 3.66. The van der Waals surface area contributed by atoms with Gasteiger partial charge in [0.15, 0.2) is 5.16 Å². The molecular weight excluding hydrogens is 380 g/mol. The van der Waals surface area contributed by atoms with Crippen LogP contribution in [0.25, 0.3) is 11.1 Å². The van der Waals surface area contributed by atoms with Crippen molar-refractivity contribution in [1.29, 1.82) is 0 Å². The highest BCUT2D eigenvalue weighted by atomic mass is 32.2. The fourth-order valence-corrected chi connectivity index (χ4v) is 4.45. The number of hydrogen-bond donors (Lipinski definition) is 1. The molecule has 0 fully saturated rings. The van der Waals surface area contributed by atoms with Gasteiger partial charge in [-0.05, 0) is 36.5 Å². The average Bonchev–Trinajstić information content (AvgIpc) is 2.99. The number of aromatic nitrogens is 3. The molecule has 2 aromatic carbocycles. The second-order valence-corrected chi connectivity index (χ2v) is 8.37. The lowest BCUT2D eigenvalue weighted by atomic mass is 10.0. The van der Waals surface area contributed by atoms with Gasteiger partial charge in [0.1, 0.15) is 5.82 Å². The number of carbonyl (C=O) groups is 1. The Morgan fingerprint density at radius 2 is 1.79 bits per heavy atom. The summed E-state index contributed by atoms with van der Waals surface area (Å²) in [5.41, 5.74) is 3.47. The van der Waals surface area contributed by atoms with Crippen molar-refractivity contribution in [3.8, 4) is 11.1 Å². The topological polar surface area (TPSA) is 59.8 Å². The zero-order chi connectivity index (χ0) is 20.1. The number of nitrogens with one attached hydrogen (secondary N) is 1. The quantitative estimate of drug-likeness (QED) is 0.606. The first-order chi connectivity index (χ1) is 14.2. The summed E-state index contributed by atoms with van der Waals surface area (Å²) in [7, 11) is 0. The summed E-state index contributed by atoms with van der Waals surface area (Å²) in [4.78, 5) is 12.5. The molecule has 0 saturated heterocycles. The van der Waals surface area contributed by atoms with E-state index >= 15 is 0 Å². The van der Waals surface area contributed by atoms with Gasteiger partial charge in [0, 0.05) is 13.0 Å². The number of thioether (sulfide) groups is 1. The highest BCUT2D eigenvalue weighted by molar-refractivity contribution is 7.99. The Labute approximate surface area is 175 Å². The molecule has 0 saturated carbocycles. The first-order valence-electron chi connectivity index (χ1n) is 10.2. The van der Waals surface area contributed by atoms with Crippen molar-refractivity contribution < 1.29 is 4.79 Å². The van der Waals surface area contributed by atoms with Gasteiger partial charge < -0.3 is 9.88 Å². The number of carbonyl (C=O) groups excluding carboxylic acids is 1. The molecule has 2 heterocycles. The Kier molecular flexibility index (Phi) is 6.30. The van der Waals surface area contributed by atoms with Crippen molar-refractivity contribution in [3.05, 3.63) is 66.0 Å². The Morgan fingerprint density at radius 3 is 2.59 bits per heavy atom. The van der Waals surface area contributed by atoms with Crippen LogP contribution in [0.3, 0.4) is 0 Å². The number of amides is 1. The van der Waals surface area contributed by atoms with E-state index in [1.165, 1.54) is 35.7 Å². The highest BCUT2D eigenvalue weighted by Gasteiger charge is 2.17. The number of hydrogen-bond acceptors (Lipinski definition) is 4. The maximum Gasteiger partial charge on any atom is 0.230 e. The van der Waals surface area contributed by atoms with E-state index in [0.717, 1.165) is 35.9 Å². The van der Waals surface area contributed by atoms with Crippen LogP contribution in [0, 0.1) is 0 Å². The first-order valence-corrected chi connectivity index (χ1v) is 11.2. The molecule has 6 heteroatoms. The van der Waals surface area contributed by atoms with Crippen molar-refractivity contribution in [1.82, 2.24) is 20.1 Å². The van der Waals surface area contributed by atoms with Gasteiger partial charge in [0.05, 0.1) is 11.8 Å². The van der Waals surface area contributed by atoms with E-state index in [1.807, 2.05) is 25.1 Å². The molecule has 150 valence electrons. The molecule has 1 amide bonds. The Morgan fingerprint density at radius 1 is 1.03 bits per heavy atom. The van der Waals surface area contributed by atoms with E-state index in [-0.39, 0.29) is 11.9 Å². The summed E-state index contributed by atoms with van der Waals surface area (Å²) in [6, 6.07) is 18.6. The minimum atomic E-state index is -0.0385. The highest BCUT2D eigenvalue weighted by Crippen LogP contribution is 2.23. The molecule has 0 spiro atoms. The van der Waals surface area contributed by atoms with Crippen LogP contribution in [0.1, 0.15) is 43.6 Å². The van der Waals surface area contributed by atoms with Crippen LogP contribution in [-0.2, 0) is 17.8 Å². The summed E-state index contributed by atoms with van der Waals surface area (Å²) in [5.74, 6) is 1.42. The second-order valence-electron chi connectivity index (χ2n) is 7.43. The predicted octanol–water partition coefficient (Wildman–Crippen LogP) is 4.64. The summed E-state index contributed by atoms with van der Waals surface area (Å²) in [5, 5.41) is 12.5. The average molecular weight is 407 g/mol. The lowest BCUT2D eigenvalue weighted by Gasteiger charge is -2.15. The lowest BCUT2D eigenvalue weighted by molar-refractivity contribution is -0.119. The molecule has 1 atom stereocenters. The van der Waals surface area contributed by atoms with Crippen LogP contribution < -0.4 is 5.32 Å². The van der Waals surface area contributed by atoms with E-state index in [9.17, 15) is 4.79 Å². The van der Waals surface area contributed by atoms with Gasteiger partial charge in [-0.3, -0.25) is 4.79 Å². The molecule has 29 heavy (non-hydrogen) atoms. The minimum Gasteiger partial charge on any atom is -0.349 e. The monoisotopic (exact) mass is 406 g/mol. The maximum absolute atomic E-state index is 12.5. The van der Waals surface area contributed by atoms with Crippen molar-refractivity contribution in [3.63, 3.8) is 0 Å². The van der Waals surface area contributed by atoms with Crippen LogP contribution in [0.2, 0.25) is 0 Å². The van der Waals surface area contributed by atoms with Crippen LogP contribution in [0.4, 0.5) is 0 Å². The Bertz CT molecular complexity index is 953. The number of nitrogens with zero attached hydrogens (tertiary/aromatic N) is 3. The third-order valence-electron chi connectivity index (χ3n) is 5.30. The molecular formula is C23H26N4OS. The van der Waals surface area contributed by atoms with E-state index in [1.54, 1.807) is 0 Å². The third-order valence-corrected chi connectivity index (χ3v) is 6.27. The molecule has 1 aliphatic rings. The number of benzene rings is 2. The standard InChI is InChI=1S/C23H26N4OS/c1-17(18-11-13-20(14-12-18)19-8-4-2-5-9-19)24-22(28)16-29-23-26-25-21-10-6-3-7-15-27(21)23/h2,4-5,8-9,11-14,17H,3,6-7,10,15-16H2,1H3,(H,24,28)/t17-/m0/s1. The number of fused-ring (bicyclic) bond motifs is 1. The van der Waals surface area contributed by atoms with Gasteiger partial charge in [0.2, 0.25) is 5.91 Å². The predicted molar refractivity (Wildman–Crippen MR) is 117 cm³/mol. The van der Waals surface area contributed by atoms with Gasteiger partial charge in [-0.1, -0.05) is 72.8 Å². The van der Waals surface area contributed by atoms with E-state index in [2.05, 4.69) is 56.5 Å². The number of rotatable bonds is 6. The SMILES string of the molecule is C[C@H](NC(=O)CSc1nnc2n1CCCCC2)c1ccc(-c2ccccc2)cc1. The maximum atomic E-state index is 12.5. The van der Waals surface area contributed by atoms with Crippen LogP contribution >= 0.6 is 11.8 Å². The van der Waals surface area contributed by atoms with Crippen molar-refractivity contribution >= 4 is 17.7 Å². The van der Waals surface area contributed by atoms with Crippen molar-refractivity contribution in [2.45, 2.75) is 50.4 Å². The second kappa shape index (κ2) is 9.27. The molecule has 1 N–H and O–H groups in total. The third kappa shape index (κ3) is 4.88. The van der Waals surface area contributed by atoms with Crippen molar-refractivity contribution in [2.75, 3.05) is 5.75 Å². The van der Waals surface area contributed by atoms with Gasteiger partial charge in [0.25, 0.3) is 0 Å². The molecule has 5 nitrogen and oxygen atoms in total. The van der Waals surface area contributed by atoms with E-state index < -0.39 is 0 Å². The van der Waals surface area contributed by atoms with Gasteiger partial charge >= 0.3 is 0 Å². The summed E-state index contributed by atoms with van der Waals surface area (Å²) < 4.78 is 2.18. The zero-order valence-corrected chi connectivity index (χ0v) is 17.5. The molecule has 0 unspecified atom stereocenters. The summed E-state index contributed by atoms with van der Waals surface area (Å²) >= 11 is 1.47. The molecule has 4 rings (SSSR count). The van der Waals surface area contributed by atoms with Crippen molar-refractivity contribution in [2.24, 2.45) is 0 Å². The number of aryl methyl sites for hydroxylation is 1. The molecule has 0 bridgehead atoms. The molecule has 1 aliphatic heterocycles. The molecule has 0 aliphatic carbocycles. The normalized spacial score (nSPS) is 14.7. The Balaban J connectivity index is 1.32. The molecule has 3 aromatic rings. The molecule has 1 aromatic heterocycles. The van der Waals surface area contributed by atoms with Gasteiger partial charge in [-0.15, -0.1) is 10.2 Å². The largest absolute Gasteiger partial charge is 0.349 e. The smallest absolute Gasteiger partial charge is 0.230 e. The van der Waals surface area contributed by atoms with Gasteiger partial charge in [-0.25, -0.2) is 0 Å². The van der Waals surface area contributed by atoms with Crippen LogP contribution in [-0.4, -0.2) is 26.4 Å². The summed E-state index contributed by atoms with van der Waals surface area (Å²) in [6.07, 6.45) is 4.54. The van der Waals surface area contributed by atoms with Crippen LogP contribution in [0.5, 0.6) is 0 Å². The zero-order valence-electron chi connectivity index (χ0n) is 16.7. The fraction of sp³-hybridized carbons (Fsp3) is 0.348. The summed E-state index contributed by atoms with van der Waals surface area (Å²) in [6.45, 7) is 2.97. The van der Waals surface area contributed by atoms with Gasteiger partial charge in [-0.2, -0.15) is 0 Å². The molecule has 0 radical (unpaired) electrons. The lowest BCUT2D eigenvalue weighted by Crippen LogP contribution is -2.28. The van der Waals surface area contributed by atoms with E-state index in [4.69, 9.17) is 0 Å². The minimum absolute atomic E-state index is 0.0145. The van der Waals surface area contributed by atoms with Crippen LogP contribution in [0.15, 0.2) is 59.8 Å². The van der Waals surface area contributed by atoms with E-state index in [0.29, 0.717) is 5.75 Å². The Hall–Kier alpha value is -2.60.